The molecule has 0 saturated heterocycles. The predicted molar refractivity (Wildman–Crippen MR) is 91.5 cm³/mol. The zero-order chi connectivity index (χ0) is 15.1. The van der Waals surface area contributed by atoms with E-state index in [1.807, 2.05) is 12.3 Å². The van der Waals surface area contributed by atoms with Crippen LogP contribution in [0.5, 0.6) is 0 Å². The highest BCUT2D eigenvalue weighted by Gasteiger charge is 2.22. The Morgan fingerprint density at radius 3 is 2.62 bits per heavy atom. The van der Waals surface area contributed by atoms with Crippen LogP contribution in [0.15, 0.2) is 36.5 Å². The molecule has 2 heteroatoms. The normalized spacial score (nSPS) is 14.2. The van der Waals surface area contributed by atoms with Crippen LogP contribution in [-0.2, 0) is 0 Å². The van der Waals surface area contributed by atoms with Crippen molar-refractivity contribution < 1.29 is 0 Å². The third-order valence-electron chi connectivity index (χ3n) is 4.35. The Bertz CT molecular complexity index is 545. The van der Waals surface area contributed by atoms with Crippen LogP contribution in [-0.4, -0.2) is 11.5 Å². The number of hydrogen-bond donors (Lipinski definition) is 1. The highest BCUT2D eigenvalue weighted by molar-refractivity contribution is 5.82. The summed E-state index contributed by atoms with van der Waals surface area (Å²) in [7, 11) is 0. The van der Waals surface area contributed by atoms with Gasteiger partial charge in [-0.15, -0.1) is 0 Å². The number of nitrogens with one attached hydrogen (secondary N) is 1. The first-order chi connectivity index (χ1) is 10.3. The molecule has 0 spiro atoms. The molecule has 2 nitrogen and oxygen atoms in total. The molecule has 2 atom stereocenters. The molecule has 114 valence electrons. The van der Waals surface area contributed by atoms with Crippen molar-refractivity contribution in [2.24, 2.45) is 5.92 Å². The highest BCUT2D eigenvalue weighted by atomic mass is 14.9. The molecule has 2 unspecified atom stereocenters. The smallest absolute Gasteiger partial charge is 0.0749 e. The van der Waals surface area contributed by atoms with E-state index in [4.69, 9.17) is 0 Å². The van der Waals surface area contributed by atoms with Crippen molar-refractivity contribution in [1.82, 2.24) is 10.3 Å². The molecule has 21 heavy (non-hydrogen) atoms. The van der Waals surface area contributed by atoms with Gasteiger partial charge in [0.1, 0.15) is 0 Å². The van der Waals surface area contributed by atoms with Crippen LogP contribution in [0.2, 0.25) is 0 Å². The predicted octanol–water partition coefficient (Wildman–Crippen LogP) is 5.10. The van der Waals surface area contributed by atoms with Crippen LogP contribution in [0.4, 0.5) is 0 Å². The summed E-state index contributed by atoms with van der Waals surface area (Å²) in [5, 5.41) is 4.95. The number of benzene rings is 1. The Labute approximate surface area is 129 Å². The van der Waals surface area contributed by atoms with E-state index < -0.39 is 0 Å². The molecule has 2 rings (SSSR count). The second-order valence-corrected chi connectivity index (χ2v) is 5.77. The molecule has 0 aliphatic carbocycles. The van der Waals surface area contributed by atoms with Gasteiger partial charge >= 0.3 is 0 Å². The van der Waals surface area contributed by atoms with Gasteiger partial charge in [0.15, 0.2) is 0 Å². The van der Waals surface area contributed by atoms with E-state index in [0.29, 0.717) is 12.0 Å². The first-order valence-corrected chi connectivity index (χ1v) is 8.38. The number of fused-ring (bicyclic) bond motifs is 1. The summed E-state index contributed by atoms with van der Waals surface area (Å²) < 4.78 is 0. The maximum atomic E-state index is 4.64. The molecule has 1 N–H and O–H groups in total. The van der Waals surface area contributed by atoms with Gasteiger partial charge < -0.3 is 5.32 Å². The van der Waals surface area contributed by atoms with E-state index in [9.17, 15) is 0 Å². The van der Waals surface area contributed by atoms with Crippen LogP contribution < -0.4 is 5.32 Å². The number of nitrogens with zero attached hydrogens (tertiary/aromatic N) is 1. The van der Waals surface area contributed by atoms with E-state index in [2.05, 4.69) is 55.3 Å². The Hall–Kier alpha value is -1.41. The maximum absolute atomic E-state index is 4.64. The van der Waals surface area contributed by atoms with Gasteiger partial charge in [0.25, 0.3) is 0 Å². The lowest BCUT2D eigenvalue weighted by Crippen LogP contribution is -2.28. The lowest BCUT2D eigenvalue weighted by molar-refractivity contribution is 0.329. The van der Waals surface area contributed by atoms with Crippen molar-refractivity contribution >= 4 is 10.9 Å². The van der Waals surface area contributed by atoms with Gasteiger partial charge in [-0.25, -0.2) is 0 Å². The molecule has 1 aromatic carbocycles. The van der Waals surface area contributed by atoms with Crippen molar-refractivity contribution in [3.05, 3.63) is 42.1 Å². The highest BCUT2D eigenvalue weighted by Crippen LogP contribution is 2.32. The SMILES string of the molecule is CCCCC(CC)C(NCC)c1cccc2cccnc12. The number of para-hydroxylation sites is 1. The average Bonchev–Trinajstić information content (AvgIpc) is 2.54. The molecule has 0 aliphatic rings. The third-order valence-corrected chi connectivity index (χ3v) is 4.35. The summed E-state index contributed by atoms with van der Waals surface area (Å²) in [4.78, 5) is 4.64. The number of rotatable bonds is 8. The van der Waals surface area contributed by atoms with Gasteiger partial charge in [-0.2, -0.15) is 0 Å². The van der Waals surface area contributed by atoms with Gasteiger partial charge in [-0.05, 0) is 30.5 Å². The molecule has 0 radical (unpaired) electrons. The molecule has 1 heterocycles. The molecular formula is C19H28N2. The largest absolute Gasteiger partial charge is 0.310 e. The van der Waals surface area contributed by atoms with Crippen LogP contribution in [0.25, 0.3) is 10.9 Å². The minimum Gasteiger partial charge on any atom is -0.310 e. The fraction of sp³-hybridized carbons (Fsp3) is 0.526. The van der Waals surface area contributed by atoms with E-state index in [0.717, 1.165) is 12.1 Å². The number of aromatic nitrogens is 1. The molecule has 2 aromatic rings. The van der Waals surface area contributed by atoms with E-state index in [1.165, 1.54) is 36.6 Å². The quantitative estimate of drug-likeness (QED) is 0.729. The van der Waals surface area contributed by atoms with Gasteiger partial charge in [-0.1, -0.05) is 64.3 Å². The summed E-state index contributed by atoms with van der Waals surface area (Å²) in [6, 6.07) is 11.1. The number of pyridine rings is 1. The Kier molecular flexibility index (Phi) is 6.19. The van der Waals surface area contributed by atoms with Crippen LogP contribution >= 0.6 is 0 Å². The van der Waals surface area contributed by atoms with E-state index >= 15 is 0 Å². The zero-order valence-electron chi connectivity index (χ0n) is 13.6. The minimum atomic E-state index is 0.408. The van der Waals surface area contributed by atoms with Gasteiger partial charge in [-0.3, -0.25) is 4.98 Å². The molecule has 0 amide bonds. The zero-order valence-corrected chi connectivity index (χ0v) is 13.6. The van der Waals surface area contributed by atoms with Crippen LogP contribution in [0, 0.1) is 5.92 Å². The number of unbranched alkanes of at least 4 members (excludes halogenated alkanes) is 1. The minimum absolute atomic E-state index is 0.408. The molecular weight excluding hydrogens is 256 g/mol. The maximum Gasteiger partial charge on any atom is 0.0749 e. The summed E-state index contributed by atoms with van der Waals surface area (Å²) in [6.07, 6.45) is 6.97. The third kappa shape index (κ3) is 3.82. The van der Waals surface area contributed by atoms with Crippen molar-refractivity contribution in [3.8, 4) is 0 Å². The monoisotopic (exact) mass is 284 g/mol. The standard InChI is InChI=1S/C19H28N2/c1-4-7-10-15(5-2)18(20-6-3)17-13-8-11-16-12-9-14-21-19(16)17/h8-9,11-15,18,20H,4-7,10H2,1-3H3. The summed E-state index contributed by atoms with van der Waals surface area (Å²) in [6.45, 7) is 7.77. The molecule has 0 bridgehead atoms. The second-order valence-electron chi connectivity index (χ2n) is 5.77. The second kappa shape index (κ2) is 8.14. The molecule has 0 saturated carbocycles. The van der Waals surface area contributed by atoms with Gasteiger partial charge in [0.2, 0.25) is 0 Å². The van der Waals surface area contributed by atoms with Crippen molar-refractivity contribution in [3.63, 3.8) is 0 Å². The van der Waals surface area contributed by atoms with E-state index in [1.54, 1.807) is 0 Å². The van der Waals surface area contributed by atoms with Crippen LogP contribution in [0.1, 0.15) is 58.1 Å². The molecule has 1 aromatic heterocycles. The van der Waals surface area contributed by atoms with Crippen molar-refractivity contribution in [2.45, 2.75) is 52.5 Å². The molecule has 0 aliphatic heterocycles. The van der Waals surface area contributed by atoms with Gasteiger partial charge in [0, 0.05) is 17.6 Å². The first kappa shape index (κ1) is 16.0. The van der Waals surface area contributed by atoms with Crippen molar-refractivity contribution in [2.75, 3.05) is 6.54 Å². The van der Waals surface area contributed by atoms with E-state index in [-0.39, 0.29) is 0 Å². The number of hydrogen-bond acceptors (Lipinski definition) is 2. The lowest BCUT2D eigenvalue weighted by Gasteiger charge is -2.28. The fourth-order valence-electron chi connectivity index (χ4n) is 3.20. The van der Waals surface area contributed by atoms with Gasteiger partial charge in [0.05, 0.1) is 5.52 Å². The van der Waals surface area contributed by atoms with Crippen LogP contribution in [0.3, 0.4) is 0 Å². The topological polar surface area (TPSA) is 24.9 Å². The first-order valence-electron chi connectivity index (χ1n) is 8.38. The Morgan fingerprint density at radius 2 is 1.90 bits per heavy atom. The Morgan fingerprint density at radius 1 is 1.10 bits per heavy atom. The lowest BCUT2D eigenvalue weighted by atomic mass is 9.86. The summed E-state index contributed by atoms with van der Waals surface area (Å²) >= 11 is 0. The van der Waals surface area contributed by atoms with Crippen molar-refractivity contribution in [1.29, 1.82) is 0 Å². The Balaban J connectivity index is 2.39. The summed E-state index contributed by atoms with van der Waals surface area (Å²) in [5.41, 5.74) is 2.51. The summed E-state index contributed by atoms with van der Waals surface area (Å²) in [5.74, 6) is 0.678. The average molecular weight is 284 g/mol. The fourth-order valence-corrected chi connectivity index (χ4v) is 3.20. The molecule has 0 fully saturated rings.